The van der Waals surface area contributed by atoms with Crippen LogP contribution in [0.5, 0.6) is 0 Å². The summed E-state index contributed by atoms with van der Waals surface area (Å²) in [6, 6.07) is 4.84. The summed E-state index contributed by atoms with van der Waals surface area (Å²) in [5.74, 6) is -0.619. The molecule has 2 aliphatic carbocycles. The van der Waals surface area contributed by atoms with Crippen molar-refractivity contribution in [1.29, 1.82) is 0 Å². The summed E-state index contributed by atoms with van der Waals surface area (Å²) in [5, 5.41) is 5.80. The number of anilines is 2. The second-order valence-corrected chi connectivity index (χ2v) is 7.81. The van der Waals surface area contributed by atoms with Crippen LogP contribution in [0.4, 0.5) is 11.4 Å². The first-order chi connectivity index (χ1) is 13.0. The van der Waals surface area contributed by atoms with E-state index in [9.17, 15) is 14.4 Å². The molecule has 3 rings (SSSR count). The highest BCUT2D eigenvalue weighted by molar-refractivity contribution is 6.00. The van der Waals surface area contributed by atoms with Gasteiger partial charge in [0.2, 0.25) is 17.7 Å². The molecule has 0 saturated heterocycles. The van der Waals surface area contributed by atoms with Gasteiger partial charge in [0.05, 0.1) is 0 Å². The SMILES string of the molecule is NC(=O)c1cc(NC(=O)C2CCCCC2)cc(NC(=O)C2CCCCC2)c1. The molecule has 4 N–H and O–H groups in total. The average Bonchev–Trinajstić information content (AvgIpc) is 2.69. The van der Waals surface area contributed by atoms with Crippen molar-refractivity contribution in [2.75, 3.05) is 10.6 Å². The molecule has 0 heterocycles. The molecule has 0 bridgehead atoms. The van der Waals surface area contributed by atoms with E-state index < -0.39 is 5.91 Å². The van der Waals surface area contributed by atoms with Crippen LogP contribution in [0.1, 0.15) is 74.6 Å². The van der Waals surface area contributed by atoms with Crippen LogP contribution in [-0.4, -0.2) is 17.7 Å². The van der Waals surface area contributed by atoms with Crippen molar-refractivity contribution in [1.82, 2.24) is 0 Å². The van der Waals surface area contributed by atoms with E-state index in [0.29, 0.717) is 11.4 Å². The summed E-state index contributed by atoms with van der Waals surface area (Å²) in [5.41, 5.74) is 6.71. The van der Waals surface area contributed by atoms with E-state index >= 15 is 0 Å². The Balaban J connectivity index is 1.72. The smallest absolute Gasteiger partial charge is 0.248 e. The van der Waals surface area contributed by atoms with Crippen molar-refractivity contribution >= 4 is 29.1 Å². The first-order valence-corrected chi connectivity index (χ1v) is 10.1. The summed E-state index contributed by atoms with van der Waals surface area (Å²) in [6.45, 7) is 0. The van der Waals surface area contributed by atoms with Crippen molar-refractivity contribution in [3.63, 3.8) is 0 Å². The lowest BCUT2D eigenvalue weighted by Crippen LogP contribution is -2.26. The van der Waals surface area contributed by atoms with E-state index in [-0.39, 0.29) is 29.2 Å². The lowest BCUT2D eigenvalue weighted by Gasteiger charge is -2.22. The zero-order valence-corrected chi connectivity index (χ0v) is 15.8. The van der Waals surface area contributed by atoms with Crippen molar-refractivity contribution in [3.8, 4) is 0 Å². The predicted molar refractivity (Wildman–Crippen MR) is 105 cm³/mol. The molecule has 2 aliphatic rings. The summed E-state index contributed by atoms with van der Waals surface area (Å²) < 4.78 is 0. The van der Waals surface area contributed by atoms with E-state index in [0.717, 1.165) is 51.4 Å². The van der Waals surface area contributed by atoms with Gasteiger partial charge >= 0.3 is 0 Å². The van der Waals surface area contributed by atoms with Crippen LogP contribution in [0.15, 0.2) is 18.2 Å². The molecule has 1 aromatic carbocycles. The monoisotopic (exact) mass is 371 g/mol. The Bertz CT molecular complexity index is 654. The van der Waals surface area contributed by atoms with Crippen molar-refractivity contribution in [3.05, 3.63) is 23.8 Å². The van der Waals surface area contributed by atoms with E-state index in [1.54, 1.807) is 18.2 Å². The lowest BCUT2D eigenvalue weighted by molar-refractivity contribution is -0.121. The molecule has 0 aromatic heterocycles. The highest BCUT2D eigenvalue weighted by Crippen LogP contribution is 2.28. The molecule has 6 nitrogen and oxygen atoms in total. The fourth-order valence-corrected chi connectivity index (χ4v) is 4.13. The average molecular weight is 371 g/mol. The Kier molecular flexibility index (Phi) is 6.48. The molecule has 0 atom stereocenters. The molecule has 0 radical (unpaired) electrons. The molecule has 27 heavy (non-hydrogen) atoms. The van der Waals surface area contributed by atoms with Crippen LogP contribution in [0, 0.1) is 11.8 Å². The molecule has 1 aromatic rings. The van der Waals surface area contributed by atoms with Gasteiger partial charge in [0.1, 0.15) is 0 Å². The van der Waals surface area contributed by atoms with Crippen molar-refractivity contribution in [2.45, 2.75) is 64.2 Å². The normalized spacial score (nSPS) is 18.7. The van der Waals surface area contributed by atoms with Gasteiger partial charge in [0.25, 0.3) is 0 Å². The highest BCUT2D eigenvalue weighted by atomic mass is 16.2. The molecule has 2 fully saturated rings. The molecule has 146 valence electrons. The number of rotatable bonds is 5. The second-order valence-electron chi connectivity index (χ2n) is 7.81. The van der Waals surface area contributed by atoms with Crippen LogP contribution >= 0.6 is 0 Å². The topological polar surface area (TPSA) is 101 Å². The number of hydrogen-bond donors (Lipinski definition) is 3. The zero-order chi connectivity index (χ0) is 19.2. The van der Waals surface area contributed by atoms with E-state index in [4.69, 9.17) is 5.73 Å². The number of carbonyl (C=O) groups is 3. The number of carbonyl (C=O) groups excluding carboxylic acids is 3. The van der Waals surface area contributed by atoms with Crippen LogP contribution in [-0.2, 0) is 9.59 Å². The molecular formula is C21H29N3O3. The van der Waals surface area contributed by atoms with Gasteiger partial charge in [0.15, 0.2) is 0 Å². The standard InChI is InChI=1S/C21H29N3O3/c22-19(25)16-11-17(23-20(26)14-7-3-1-4-8-14)13-18(12-16)24-21(27)15-9-5-2-6-10-15/h11-15H,1-10H2,(H2,22,25)(H,23,26)(H,24,27). The molecular weight excluding hydrogens is 342 g/mol. The number of nitrogens with two attached hydrogens (primary N) is 1. The summed E-state index contributed by atoms with van der Waals surface area (Å²) in [6.07, 6.45) is 10.2. The van der Waals surface area contributed by atoms with Gasteiger partial charge in [-0.25, -0.2) is 0 Å². The van der Waals surface area contributed by atoms with Crippen LogP contribution in [0.2, 0.25) is 0 Å². The van der Waals surface area contributed by atoms with Gasteiger partial charge in [-0.1, -0.05) is 38.5 Å². The highest BCUT2D eigenvalue weighted by Gasteiger charge is 2.23. The summed E-state index contributed by atoms with van der Waals surface area (Å²) in [4.78, 5) is 36.7. The van der Waals surface area contributed by atoms with Crippen molar-refractivity contribution in [2.24, 2.45) is 17.6 Å². The number of amides is 3. The largest absolute Gasteiger partial charge is 0.366 e. The van der Waals surface area contributed by atoms with Crippen LogP contribution < -0.4 is 16.4 Å². The maximum Gasteiger partial charge on any atom is 0.248 e. The third kappa shape index (κ3) is 5.31. The Labute approximate surface area is 160 Å². The van der Waals surface area contributed by atoms with Gasteiger partial charge in [-0.05, 0) is 43.9 Å². The molecule has 0 spiro atoms. The summed E-state index contributed by atoms with van der Waals surface area (Å²) >= 11 is 0. The van der Waals surface area contributed by atoms with Gasteiger partial charge in [0, 0.05) is 28.8 Å². The number of primary amides is 1. The third-order valence-corrected chi connectivity index (χ3v) is 5.70. The van der Waals surface area contributed by atoms with E-state index in [1.165, 1.54) is 12.8 Å². The van der Waals surface area contributed by atoms with E-state index in [2.05, 4.69) is 10.6 Å². The summed E-state index contributed by atoms with van der Waals surface area (Å²) in [7, 11) is 0. The quantitative estimate of drug-likeness (QED) is 0.733. The molecule has 2 saturated carbocycles. The van der Waals surface area contributed by atoms with Crippen molar-refractivity contribution < 1.29 is 14.4 Å². The fourth-order valence-electron chi connectivity index (χ4n) is 4.13. The van der Waals surface area contributed by atoms with Gasteiger partial charge < -0.3 is 16.4 Å². The Morgan fingerprint density at radius 3 is 1.48 bits per heavy atom. The first kappa shape index (κ1) is 19.4. The number of benzene rings is 1. The Morgan fingerprint density at radius 2 is 1.11 bits per heavy atom. The molecule has 6 heteroatoms. The maximum absolute atomic E-state index is 12.5. The lowest BCUT2D eigenvalue weighted by atomic mass is 9.88. The second kappa shape index (κ2) is 9.02. The minimum absolute atomic E-state index is 0.0104. The van der Waals surface area contributed by atoms with Gasteiger partial charge in [-0.3, -0.25) is 14.4 Å². The maximum atomic E-state index is 12.5. The van der Waals surface area contributed by atoms with Gasteiger partial charge in [-0.2, -0.15) is 0 Å². The van der Waals surface area contributed by atoms with Gasteiger partial charge in [-0.15, -0.1) is 0 Å². The first-order valence-electron chi connectivity index (χ1n) is 10.1. The van der Waals surface area contributed by atoms with Crippen LogP contribution in [0.3, 0.4) is 0 Å². The van der Waals surface area contributed by atoms with E-state index in [1.807, 2.05) is 0 Å². The minimum atomic E-state index is -0.586. The Morgan fingerprint density at radius 1 is 0.704 bits per heavy atom. The molecule has 3 amide bonds. The third-order valence-electron chi connectivity index (χ3n) is 5.70. The number of nitrogens with one attached hydrogen (secondary N) is 2. The minimum Gasteiger partial charge on any atom is -0.366 e. The zero-order valence-electron chi connectivity index (χ0n) is 15.8. The number of hydrogen-bond acceptors (Lipinski definition) is 3. The fraction of sp³-hybridized carbons (Fsp3) is 0.571. The van der Waals surface area contributed by atoms with Crippen LogP contribution in [0.25, 0.3) is 0 Å². The molecule has 0 unspecified atom stereocenters. The predicted octanol–water partition coefficient (Wildman–Crippen LogP) is 3.82. The molecule has 0 aliphatic heterocycles. The Hall–Kier alpha value is -2.37.